The van der Waals surface area contributed by atoms with Gasteiger partial charge in [-0.3, -0.25) is 4.90 Å². The van der Waals surface area contributed by atoms with E-state index in [1.807, 2.05) is 6.07 Å². The largest absolute Gasteiger partial charge is 0.389 e. The van der Waals surface area contributed by atoms with Gasteiger partial charge in [-0.15, -0.1) is 0 Å². The topological polar surface area (TPSA) is 26.7 Å². The van der Waals surface area contributed by atoms with Crippen LogP contribution in [0.2, 0.25) is 0 Å². The zero-order chi connectivity index (χ0) is 14.3. The maximum Gasteiger partial charge on any atom is 0.146 e. The second-order valence-electron chi connectivity index (χ2n) is 6.15. The molecule has 4 heteroatoms. The van der Waals surface area contributed by atoms with Crippen molar-refractivity contribution in [2.24, 2.45) is 0 Å². The van der Waals surface area contributed by atoms with E-state index in [9.17, 15) is 9.50 Å². The molecule has 0 aromatic heterocycles. The summed E-state index contributed by atoms with van der Waals surface area (Å²) < 4.78 is 14.3. The molecule has 0 bridgehead atoms. The molecular weight excluding hydrogens is 255 g/mol. The molecule has 2 fully saturated rings. The molecule has 2 aliphatic rings. The zero-order valence-electron chi connectivity index (χ0n) is 12.2. The lowest BCUT2D eigenvalue weighted by molar-refractivity contribution is 0.191. The molecule has 2 heterocycles. The van der Waals surface area contributed by atoms with Crippen LogP contribution in [0.15, 0.2) is 18.2 Å². The summed E-state index contributed by atoms with van der Waals surface area (Å²) in [5, 5.41) is 9.93. The Kier molecular flexibility index (Phi) is 3.69. The summed E-state index contributed by atoms with van der Waals surface area (Å²) in [6, 6.07) is 5.81. The van der Waals surface area contributed by atoms with E-state index >= 15 is 0 Å². The number of rotatable bonds is 2. The van der Waals surface area contributed by atoms with E-state index in [4.69, 9.17) is 0 Å². The van der Waals surface area contributed by atoms with Crippen LogP contribution < -0.4 is 4.90 Å². The number of aliphatic hydroxyl groups is 1. The molecule has 0 aliphatic carbocycles. The van der Waals surface area contributed by atoms with Crippen LogP contribution in [-0.2, 0) is 0 Å². The van der Waals surface area contributed by atoms with Crippen molar-refractivity contribution >= 4 is 5.69 Å². The number of anilines is 1. The number of hydrogen-bond acceptors (Lipinski definition) is 3. The summed E-state index contributed by atoms with van der Waals surface area (Å²) in [6.45, 7) is 6.87. The number of hydrogen-bond donors (Lipinski definition) is 1. The fraction of sp³-hybridized carbons (Fsp3) is 0.625. The van der Waals surface area contributed by atoms with Crippen LogP contribution in [-0.4, -0.2) is 41.7 Å². The number of para-hydroxylation sites is 1. The van der Waals surface area contributed by atoms with Gasteiger partial charge in [0.05, 0.1) is 11.8 Å². The van der Waals surface area contributed by atoms with Crippen molar-refractivity contribution in [1.29, 1.82) is 0 Å². The van der Waals surface area contributed by atoms with E-state index in [0.717, 1.165) is 13.1 Å². The van der Waals surface area contributed by atoms with Crippen molar-refractivity contribution < 1.29 is 9.50 Å². The molecule has 3 rings (SSSR count). The van der Waals surface area contributed by atoms with Crippen LogP contribution in [0.4, 0.5) is 10.1 Å². The summed E-state index contributed by atoms with van der Waals surface area (Å²) in [5.41, 5.74) is 1.30. The number of fused-ring (bicyclic) bond motifs is 1. The minimum atomic E-state index is -0.644. The van der Waals surface area contributed by atoms with Crippen molar-refractivity contribution in [2.75, 3.05) is 24.5 Å². The van der Waals surface area contributed by atoms with Crippen molar-refractivity contribution in [3.8, 4) is 0 Å². The highest BCUT2D eigenvalue weighted by atomic mass is 19.1. The van der Waals surface area contributed by atoms with Gasteiger partial charge in [0.2, 0.25) is 0 Å². The molecule has 3 atom stereocenters. The summed E-state index contributed by atoms with van der Waals surface area (Å²) >= 11 is 0. The van der Waals surface area contributed by atoms with Gasteiger partial charge >= 0.3 is 0 Å². The smallest absolute Gasteiger partial charge is 0.146 e. The van der Waals surface area contributed by atoms with Crippen LogP contribution in [0.1, 0.15) is 38.4 Å². The Morgan fingerprint density at radius 3 is 2.90 bits per heavy atom. The van der Waals surface area contributed by atoms with Crippen LogP contribution in [0.5, 0.6) is 0 Å². The molecule has 1 aromatic rings. The van der Waals surface area contributed by atoms with Gasteiger partial charge in [0, 0.05) is 30.7 Å². The van der Waals surface area contributed by atoms with Gasteiger partial charge in [-0.2, -0.15) is 0 Å². The quantitative estimate of drug-likeness (QED) is 0.900. The Bertz CT molecular complexity index is 491. The van der Waals surface area contributed by atoms with E-state index in [0.29, 0.717) is 17.3 Å². The number of aliphatic hydroxyl groups excluding tert-OH is 1. The highest BCUT2D eigenvalue weighted by Crippen LogP contribution is 2.34. The Hall–Kier alpha value is -1.13. The second-order valence-corrected chi connectivity index (χ2v) is 6.15. The Labute approximate surface area is 120 Å². The normalized spacial score (nSPS) is 28.5. The van der Waals surface area contributed by atoms with Crippen molar-refractivity contribution in [3.05, 3.63) is 29.6 Å². The number of benzene rings is 1. The molecular formula is C16H23FN2O. The predicted molar refractivity (Wildman–Crippen MR) is 78.4 cm³/mol. The highest BCUT2D eigenvalue weighted by Gasteiger charge is 2.36. The van der Waals surface area contributed by atoms with Crippen LogP contribution >= 0.6 is 0 Å². The molecule has 3 unspecified atom stereocenters. The first-order valence-electron chi connectivity index (χ1n) is 7.55. The lowest BCUT2D eigenvalue weighted by Crippen LogP contribution is -2.55. The van der Waals surface area contributed by atoms with E-state index < -0.39 is 6.10 Å². The third-order valence-corrected chi connectivity index (χ3v) is 4.69. The lowest BCUT2D eigenvalue weighted by Gasteiger charge is -2.44. The Morgan fingerprint density at radius 1 is 1.35 bits per heavy atom. The fourth-order valence-electron chi connectivity index (χ4n) is 3.67. The van der Waals surface area contributed by atoms with Gasteiger partial charge < -0.3 is 10.0 Å². The summed E-state index contributed by atoms with van der Waals surface area (Å²) in [6.07, 6.45) is 1.79. The molecule has 0 spiro atoms. The molecule has 2 saturated heterocycles. The van der Waals surface area contributed by atoms with Crippen LogP contribution in [0.25, 0.3) is 0 Å². The first-order valence-corrected chi connectivity index (χ1v) is 7.55. The fourth-order valence-corrected chi connectivity index (χ4v) is 3.67. The third-order valence-electron chi connectivity index (χ3n) is 4.69. The maximum atomic E-state index is 14.3. The van der Waals surface area contributed by atoms with E-state index in [-0.39, 0.29) is 11.9 Å². The minimum Gasteiger partial charge on any atom is -0.389 e. The van der Waals surface area contributed by atoms with Gasteiger partial charge in [0.1, 0.15) is 5.82 Å². The second kappa shape index (κ2) is 5.34. The third kappa shape index (κ3) is 2.31. The molecule has 0 amide bonds. The molecule has 1 N–H and O–H groups in total. The average Bonchev–Trinajstić information content (AvgIpc) is 2.84. The highest BCUT2D eigenvalue weighted by molar-refractivity contribution is 5.57. The number of nitrogens with zero attached hydrogens (tertiary/aromatic N) is 2. The van der Waals surface area contributed by atoms with Crippen LogP contribution in [0, 0.1) is 5.82 Å². The first-order chi connectivity index (χ1) is 9.58. The number of halogens is 1. The molecule has 110 valence electrons. The van der Waals surface area contributed by atoms with Crippen LogP contribution in [0.3, 0.4) is 0 Å². The summed E-state index contributed by atoms with van der Waals surface area (Å²) in [5.74, 6) is -0.221. The molecule has 0 saturated carbocycles. The Morgan fingerprint density at radius 2 is 2.15 bits per heavy atom. The summed E-state index contributed by atoms with van der Waals surface area (Å²) in [4.78, 5) is 4.67. The predicted octanol–water partition coefficient (Wildman–Crippen LogP) is 2.55. The van der Waals surface area contributed by atoms with Crippen molar-refractivity contribution in [2.45, 2.75) is 44.9 Å². The molecule has 3 nitrogen and oxygen atoms in total. The standard InChI is InChI=1S/C16H23FN2O/c1-11-9-18-8-4-5-13(18)10-19(11)16-14(12(2)20)6-3-7-15(16)17/h3,6-7,11-13,20H,4-5,8-10H2,1-2H3. The summed E-state index contributed by atoms with van der Waals surface area (Å²) in [7, 11) is 0. The van der Waals surface area contributed by atoms with Crippen molar-refractivity contribution in [3.63, 3.8) is 0 Å². The van der Waals surface area contributed by atoms with Gasteiger partial charge in [-0.1, -0.05) is 12.1 Å². The van der Waals surface area contributed by atoms with Gasteiger partial charge in [-0.25, -0.2) is 4.39 Å². The minimum absolute atomic E-state index is 0.221. The molecule has 1 aromatic carbocycles. The lowest BCUT2D eigenvalue weighted by atomic mass is 10.0. The Balaban J connectivity index is 1.95. The molecule has 2 aliphatic heterocycles. The van der Waals surface area contributed by atoms with E-state index in [1.54, 1.807) is 13.0 Å². The molecule has 20 heavy (non-hydrogen) atoms. The monoisotopic (exact) mass is 278 g/mol. The zero-order valence-corrected chi connectivity index (χ0v) is 12.2. The van der Waals surface area contributed by atoms with Gasteiger partial charge in [0.15, 0.2) is 0 Å². The number of piperazine rings is 1. The maximum absolute atomic E-state index is 14.3. The van der Waals surface area contributed by atoms with E-state index in [1.165, 1.54) is 25.5 Å². The van der Waals surface area contributed by atoms with Gasteiger partial charge in [0.25, 0.3) is 0 Å². The first kappa shape index (κ1) is 13.8. The van der Waals surface area contributed by atoms with E-state index in [2.05, 4.69) is 16.7 Å². The molecule has 0 radical (unpaired) electrons. The van der Waals surface area contributed by atoms with Gasteiger partial charge in [-0.05, 0) is 39.3 Å². The van der Waals surface area contributed by atoms with Crippen molar-refractivity contribution in [1.82, 2.24) is 4.90 Å². The SMILES string of the molecule is CC(O)c1cccc(F)c1N1CC2CCCN2CC1C. The average molecular weight is 278 g/mol.